The zero-order chi connectivity index (χ0) is 32.4. The summed E-state index contributed by atoms with van der Waals surface area (Å²) in [5.74, 6) is 0.566. The molecule has 0 saturated carbocycles. The van der Waals surface area contributed by atoms with E-state index in [1.165, 1.54) is 28.8 Å². The Morgan fingerprint density at radius 2 is 1.89 bits per heavy atom. The van der Waals surface area contributed by atoms with Crippen LogP contribution in [0, 0.1) is 5.92 Å². The predicted molar refractivity (Wildman–Crippen MR) is 178 cm³/mol. The molecule has 2 aromatic carbocycles. The number of carbonyl (C=O) groups excluding carboxylic acids is 1. The minimum atomic E-state index is -0.813. The fraction of sp³-hybridized carbons (Fsp3) is 0.639. The highest BCUT2D eigenvalue weighted by Crippen LogP contribution is 2.35. The summed E-state index contributed by atoms with van der Waals surface area (Å²) in [7, 11) is 5.08. The predicted octanol–water partition coefficient (Wildman–Crippen LogP) is 4.84. The van der Waals surface area contributed by atoms with Gasteiger partial charge >= 0.3 is 5.97 Å². The van der Waals surface area contributed by atoms with Gasteiger partial charge < -0.3 is 39.6 Å². The quantitative estimate of drug-likeness (QED) is 0.200. The highest BCUT2D eigenvalue weighted by atomic mass is 16.6. The Balaban J connectivity index is 1.48. The summed E-state index contributed by atoms with van der Waals surface area (Å²) in [5.41, 5.74) is 10.4. The molecule has 1 unspecified atom stereocenters. The van der Waals surface area contributed by atoms with Crippen LogP contribution in [0.5, 0.6) is 5.75 Å². The van der Waals surface area contributed by atoms with Crippen LogP contribution in [0.4, 0.5) is 5.69 Å². The van der Waals surface area contributed by atoms with E-state index in [2.05, 4.69) is 40.5 Å². The first kappa shape index (κ1) is 35.2. The summed E-state index contributed by atoms with van der Waals surface area (Å²) in [6.07, 6.45) is 4.70. The number of hydrogen-bond acceptors (Lipinski definition) is 9. The number of nitrogens with two attached hydrogens (primary N) is 1. The van der Waals surface area contributed by atoms with Crippen molar-refractivity contribution in [3.8, 4) is 5.75 Å². The summed E-state index contributed by atoms with van der Waals surface area (Å²) in [6, 6.07) is 14.5. The van der Waals surface area contributed by atoms with E-state index in [9.17, 15) is 4.79 Å². The van der Waals surface area contributed by atoms with Crippen LogP contribution in [0.15, 0.2) is 42.5 Å². The number of methoxy groups -OCH3 is 3. The smallest absolute Gasteiger partial charge is 0.323 e. The van der Waals surface area contributed by atoms with Gasteiger partial charge in [0.2, 0.25) is 0 Å². The molecule has 2 aliphatic heterocycles. The van der Waals surface area contributed by atoms with E-state index >= 15 is 0 Å². The number of benzene rings is 2. The normalized spacial score (nSPS) is 22.0. The van der Waals surface area contributed by atoms with Crippen LogP contribution in [-0.2, 0) is 36.8 Å². The fourth-order valence-corrected chi connectivity index (χ4v) is 6.66. The summed E-state index contributed by atoms with van der Waals surface area (Å²) in [4.78, 5) is 15.3. The average molecular weight is 626 g/mol. The summed E-state index contributed by atoms with van der Waals surface area (Å²) in [5, 5.41) is 3.70. The standard InChI is InChI=1S/C36H55N3O6/c1-25(2)34(37)35(40)45-36(3,24-42-5)21-29-20-31(27-12-14-30(43-6)15-13-27)33(22-38-29)44-23-26-10-11-28-9-7-16-39(32(28)19-26)17-8-18-41-4/h10-15,19,25,29,31,33-34,38H,7-9,16-18,20-24,37H2,1-6H3/t29-,31-,33+,34+,36?/m1/s1. The number of fused-ring (bicyclic) bond motifs is 1. The molecule has 9 nitrogen and oxygen atoms in total. The number of rotatable bonds is 16. The lowest BCUT2D eigenvalue weighted by molar-refractivity contribution is -0.168. The zero-order valence-corrected chi connectivity index (χ0v) is 28.2. The monoisotopic (exact) mass is 625 g/mol. The number of aryl methyl sites for hydroxylation is 1. The van der Waals surface area contributed by atoms with Gasteiger partial charge in [0.1, 0.15) is 17.4 Å². The summed E-state index contributed by atoms with van der Waals surface area (Å²) in [6.45, 7) is 10.1. The van der Waals surface area contributed by atoms with E-state index in [4.69, 9.17) is 29.4 Å². The number of hydrogen-bond donors (Lipinski definition) is 2. The van der Waals surface area contributed by atoms with E-state index in [1.807, 2.05) is 32.9 Å². The summed E-state index contributed by atoms with van der Waals surface area (Å²) < 4.78 is 29.0. The lowest BCUT2D eigenvalue weighted by atomic mass is 9.81. The largest absolute Gasteiger partial charge is 0.497 e. The minimum absolute atomic E-state index is 0.0108. The molecule has 0 spiro atoms. The average Bonchev–Trinajstić information content (AvgIpc) is 3.03. The second-order valence-electron chi connectivity index (χ2n) is 13.2. The molecule has 9 heteroatoms. The van der Waals surface area contributed by atoms with Crippen molar-refractivity contribution in [3.05, 3.63) is 59.2 Å². The molecular formula is C36H55N3O6. The van der Waals surface area contributed by atoms with E-state index in [1.54, 1.807) is 21.3 Å². The van der Waals surface area contributed by atoms with Gasteiger partial charge in [-0.2, -0.15) is 0 Å². The van der Waals surface area contributed by atoms with E-state index in [0.717, 1.165) is 44.7 Å². The maximum Gasteiger partial charge on any atom is 0.323 e. The molecule has 1 saturated heterocycles. The lowest BCUT2D eigenvalue weighted by Crippen LogP contribution is -2.52. The van der Waals surface area contributed by atoms with Gasteiger partial charge in [0.05, 0.1) is 26.4 Å². The SMILES string of the molecule is COCCCN1CCCc2ccc(CO[C@H]3CN[C@@H](CC(C)(COC)OC(=O)[C@@H](N)C(C)C)C[C@@H]3c3ccc(OC)cc3)cc21. The van der Waals surface area contributed by atoms with Crippen molar-refractivity contribution < 1.29 is 28.5 Å². The molecule has 5 atom stereocenters. The minimum Gasteiger partial charge on any atom is -0.497 e. The maximum absolute atomic E-state index is 12.8. The Morgan fingerprint density at radius 1 is 1.11 bits per heavy atom. The van der Waals surface area contributed by atoms with E-state index < -0.39 is 17.6 Å². The van der Waals surface area contributed by atoms with Crippen LogP contribution >= 0.6 is 0 Å². The van der Waals surface area contributed by atoms with E-state index in [0.29, 0.717) is 19.6 Å². The maximum atomic E-state index is 12.8. The highest BCUT2D eigenvalue weighted by molar-refractivity contribution is 5.76. The molecule has 2 aliphatic rings. The molecule has 2 aromatic rings. The Morgan fingerprint density at radius 3 is 2.58 bits per heavy atom. The van der Waals surface area contributed by atoms with Crippen LogP contribution in [-0.4, -0.2) is 83.9 Å². The first-order valence-electron chi connectivity index (χ1n) is 16.5. The second kappa shape index (κ2) is 16.7. The Kier molecular flexibility index (Phi) is 13.1. The van der Waals surface area contributed by atoms with Crippen molar-refractivity contribution in [2.45, 2.75) is 89.2 Å². The molecule has 0 radical (unpaired) electrons. The molecule has 0 amide bonds. The van der Waals surface area contributed by atoms with Crippen LogP contribution in [0.2, 0.25) is 0 Å². The molecule has 250 valence electrons. The fourth-order valence-electron chi connectivity index (χ4n) is 6.66. The first-order chi connectivity index (χ1) is 21.7. The molecular weight excluding hydrogens is 570 g/mol. The number of nitrogens with zero attached hydrogens (tertiary/aromatic N) is 1. The third-order valence-electron chi connectivity index (χ3n) is 9.21. The number of carbonyl (C=O) groups is 1. The van der Waals surface area contributed by atoms with Crippen molar-refractivity contribution >= 4 is 11.7 Å². The molecule has 45 heavy (non-hydrogen) atoms. The van der Waals surface area contributed by atoms with Crippen molar-refractivity contribution in [1.82, 2.24) is 5.32 Å². The Labute approximate surface area is 270 Å². The van der Waals surface area contributed by atoms with Crippen LogP contribution in [0.25, 0.3) is 0 Å². The third kappa shape index (κ3) is 9.66. The molecule has 3 N–H and O–H groups in total. The van der Waals surface area contributed by atoms with E-state index in [-0.39, 0.29) is 30.6 Å². The number of ether oxygens (including phenoxy) is 5. The molecule has 4 rings (SSSR count). The molecule has 0 aromatic heterocycles. The van der Waals surface area contributed by atoms with Gasteiger partial charge in [0.15, 0.2) is 0 Å². The van der Waals surface area contributed by atoms with Gasteiger partial charge in [-0.1, -0.05) is 38.1 Å². The third-order valence-corrected chi connectivity index (χ3v) is 9.21. The number of nitrogens with one attached hydrogen (secondary N) is 1. The molecule has 0 bridgehead atoms. The van der Waals surface area contributed by atoms with Crippen molar-refractivity contribution in [2.24, 2.45) is 11.7 Å². The van der Waals surface area contributed by atoms with Crippen molar-refractivity contribution in [2.75, 3.05) is 59.1 Å². The molecule has 1 fully saturated rings. The molecule has 2 heterocycles. The van der Waals surface area contributed by atoms with Gasteiger partial charge in [0.25, 0.3) is 0 Å². The first-order valence-corrected chi connectivity index (χ1v) is 16.5. The summed E-state index contributed by atoms with van der Waals surface area (Å²) >= 11 is 0. The topological polar surface area (TPSA) is 105 Å². The van der Waals surface area contributed by atoms with Gasteiger partial charge in [-0.05, 0) is 73.4 Å². The number of piperidine rings is 1. The van der Waals surface area contributed by atoms with Crippen LogP contribution in [0.1, 0.15) is 69.1 Å². The van der Waals surface area contributed by atoms with Gasteiger partial charge in [-0.15, -0.1) is 0 Å². The van der Waals surface area contributed by atoms with Gasteiger partial charge in [-0.3, -0.25) is 4.79 Å². The lowest BCUT2D eigenvalue weighted by Gasteiger charge is -2.41. The van der Waals surface area contributed by atoms with Crippen LogP contribution in [0.3, 0.4) is 0 Å². The Bertz CT molecular complexity index is 1210. The number of esters is 1. The van der Waals surface area contributed by atoms with Crippen molar-refractivity contribution in [1.29, 1.82) is 0 Å². The zero-order valence-electron chi connectivity index (χ0n) is 28.2. The highest BCUT2D eigenvalue weighted by Gasteiger charge is 2.39. The van der Waals surface area contributed by atoms with Crippen LogP contribution < -0.4 is 20.7 Å². The van der Waals surface area contributed by atoms with Gasteiger partial charge in [0, 0.05) is 64.5 Å². The van der Waals surface area contributed by atoms with Crippen molar-refractivity contribution in [3.63, 3.8) is 0 Å². The number of anilines is 1. The second-order valence-corrected chi connectivity index (χ2v) is 13.2. The van der Waals surface area contributed by atoms with Gasteiger partial charge in [-0.25, -0.2) is 0 Å². The molecule has 0 aliphatic carbocycles. The Hall–Kier alpha value is -2.69.